The van der Waals surface area contributed by atoms with E-state index in [1.807, 2.05) is 0 Å². The van der Waals surface area contributed by atoms with Gasteiger partial charge in [-0.25, -0.2) is 4.90 Å². The van der Waals surface area contributed by atoms with Gasteiger partial charge in [0, 0.05) is 44.9 Å². The van der Waals surface area contributed by atoms with Crippen LogP contribution in [0.2, 0.25) is 0 Å². The fraction of sp³-hybridized carbons (Fsp3) is 0.353. The lowest BCUT2D eigenvalue weighted by Gasteiger charge is -2.34. The summed E-state index contributed by atoms with van der Waals surface area (Å²) in [6.45, 7) is 7.71. The summed E-state index contributed by atoms with van der Waals surface area (Å²) in [5.41, 5.74) is 1.22. The van der Waals surface area contributed by atoms with E-state index in [0.29, 0.717) is 34.4 Å². The number of rotatable bonds is 13. The average Bonchev–Trinajstić information content (AvgIpc) is 3.82. The predicted octanol–water partition coefficient (Wildman–Crippen LogP) is 6.81. The van der Waals surface area contributed by atoms with Crippen molar-refractivity contribution in [2.45, 2.75) is 25.7 Å². The molecule has 10 nitrogen and oxygen atoms in total. The van der Waals surface area contributed by atoms with Gasteiger partial charge in [-0.3, -0.25) is 19.7 Å². The third-order valence-corrected chi connectivity index (χ3v) is 9.03. The number of piperazine rings is 1. The second-order valence-electron chi connectivity index (χ2n) is 11.6. The van der Waals surface area contributed by atoms with Crippen LogP contribution in [0, 0.1) is 16.0 Å². The first-order valence-corrected chi connectivity index (χ1v) is 16.2. The van der Waals surface area contributed by atoms with Gasteiger partial charge in [0.1, 0.15) is 17.2 Å². The zero-order chi connectivity index (χ0) is 31.2. The summed E-state index contributed by atoms with van der Waals surface area (Å²) in [7, 11) is 0. The van der Waals surface area contributed by atoms with E-state index in [-0.39, 0.29) is 16.8 Å². The van der Waals surface area contributed by atoms with Crippen molar-refractivity contribution in [2.24, 2.45) is 5.92 Å². The summed E-state index contributed by atoms with van der Waals surface area (Å²) in [6.07, 6.45) is 6.58. The highest BCUT2D eigenvalue weighted by Gasteiger charge is 2.36. The minimum Gasteiger partial charge on any atom is -0.494 e. The zero-order valence-corrected chi connectivity index (χ0v) is 25.8. The average molecular weight is 629 g/mol. The number of nitro groups is 1. The quantitative estimate of drug-likeness (QED) is 0.0873. The Balaban J connectivity index is 0.947. The monoisotopic (exact) mass is 628 g/mol. The van der Waals surface area contributed by atoms with Crippen LogP contribution in [0.15, 0.2) is 77.7 Å². The Morgan fingerprint density at radius 1 is 0.822 bits per heavy atom. The molecule has 3 aliphatic rings. The number of anilines is 1. The van der Waals surface area contributed by atoms with Crippen LogP contribution in [-0.4, -0.2) is 71.7 Å². The van der Waals surface area contributed by atoms with Crippen molar-refractivity contribution in [1.82, 2.24) is 9.80 Å². The van der Waals surface area contributed by atoms with E-state index in [2.05, 4.69) is 9.80 Å². The highest BCUT2D eigenvalue weighted by atomic mass is 32.2. The molecular weight excluding hydrogens is 592 g/mol. The number of non-ortho nitro benzene ring substituents is 1. The first kappa shape index (κ1) is 30.8. The normalized spacial score (nSPS) is 18.5. The Hall–Kier alpha value is -4.19. The van der Waals surface area contributed by atoms with Crippen molar-refractivity contribution in [3.8, 4) is 17.2 Å². The van der Waals surface area contributed by atoms with Crippen LogP contribution in [0.3, 0.4) is 0 Å². The molecule has 6 rings (SSSR count). The van der Waals surface area contributed by atoms with Gasteiger partial charge in [0.05, 0.1) is 22.1 Å². The number of thioether (sulfide) groups is 1. The Bertz CT molecular complexity index is 1530. The lowest BCUT2D eigenvalue weighted by molar-refractivity contribution is -0.384. The number of unbranched alkanes of at least 4 members (excludes halogenated alkanes) is 1. The molecule has 0 radical (unpaired) electrons. The molecule has 2 aliphatic heterocycles. The number of imide groups is 1. The van der Waals surface area contributed by atoms with Crippen LogP contribution in [0.5, 0.6) is 17.2 Å². The van der Waals surface area contributed by atoms with Crippen molar-refractivity contribution < 1.29 is 24.0 Å². The summed E-state index contributed by atoms with van der Waals surface area (Å²) in [5.74, 6) is 2.30. The standard InChI is InChI=1S/C34H36N4O6S/c39-33-32(23-25-5-11-30(12-6-25)44-31-15-9-28(10-16-31)38(41)42)45-34(40)37(33)27-7-13-29(14-8-27)43-22-2-1-17-35-18-20-36(21-19-35)24-26-3-4-26/h5-16,23,26H,1-4,17-22,24H2. The van der Waals surface area contributed by atoms with Gasteiger partial charge >= 0.3 is 0 Å². The molecule has 45 heavy (non-hydrogen) atoms. The van der Waals surface area contributed by atoms with E-state index in [1.165, 1.54) is 61.6 Å². The second-order valence-corrected chi connectivity index (χ2v) is 12.6. The third kappa shape index (κ3) is 8.30. The third-order valence-electron chi connectivity index (χ3n) is 8.17. The molecule has 3 fully saturated rings. The van der Waals surface area contributed by atoms with E-state index in [0.717, 1.165) is 55.7 Å². The molecule has 1 aliphatic carbocycles. The van der Waals surface area contributed by atoms with Gasteiger partial charge in [-0.2, -0.15) is 0 Å². The number of nitro benzene ring substituents is 1. The number of carbonyl (C=O) groups is 2. The summed E-state index contributed by atoms with van der Waals surface area (Å²) >= 11 is 0.897. The number of hydrogen-bond acceptors (Lipinski definition) is 9. The minimum atomic E-state index is -0.467. The van der Waals surface area contributed by atoms with Gasteiger partial charge in [-0.1, -0.05) is 12.1 Å². The molecule has 2 amide bonds. The minimum absolute atomic E-state index is 0.0138. The van der Waals surface area contributed by atoms with Crippen molar-refractivity contribution in [3.63, 3.8) is 0 Å². The highest BCUT2D eigenvalue weighted by Crippen LogP contribution is 2.36. The lowest BCUT2D eigenvalue weighted by atomic mass is 10.2. The van der Waals surface area contributed by atoms with Crippen molar-refractivity contribution in [1.29, 1.82) is 0 Å². The van der Waals surface area contributed by atoms with Crippen LogP contribution in [0.25, 0.3) is 6.08 Å². The number of nitrogens with zero attached hydrogens (tertiary/aromatic N) is 4. The molecule has 2 heterocycles. The molecule has 0 unspecified atom stereocenters. The Morgan fingerprint density at radius 2 is 1.44 bits per heavy atom. The number of carbonyl (C=O) groups excluding carboxylic acids is 2. The van der Waals surface area contributed by atoms with E-state index in [4.69, 9.17) is 9.47 Å². The summed E-state index contributed by atoms with van der Waals surface area (Å²) in [4.78, 5) is 42.9. The number of hydrogen-bond donors (Lipinski definition) is 0. The Labute approximate surface area is 266 Å². The SMILES string of the molecule is O=C1SC(=Cc2ccc(Oc3ccc([N+](=O)[O-])cc3)cc2)C(=O)N1c1ccc(OCCCCN2CCN(CC3CC3)CC2)cc1. The van der Waals surface area contributed by atoms with Crippen LogP contribution in [0.1, 0.15) is 31.2 Å². The lowest BCUT2D eigenvalue weighted by Crippen LogP contribution is -2.47. The fourth-order valence-electron chi connectivity index (χ4n) is 5.43. The largest absolute Gasteiger partial charge is 0.494 e. The Morgan fingerprint density at radius 3 is 2.09 bits per heavy atom. The predicted molar refractivity (Wildman–Crippen MR) is 175 cm³/mol. The van der Waals surface area contributed by atoms with Crippen molar-refractivity contribution in [2.75, 3.05) is 50.8 Å². The number of ether oxygens (including phenoxy) is 2. The van der Waals surface area contributed by atoms with Crippen LogP contribution >= 0.6 is 11.8 Å². The molecule has 3 aromatic rings. The van der Waals surface area contributed by atoms with E-state index in [1.54, 1.807) is 54.6 Å². The maximum atomic E-state index is 13.1. The molecule has 11 heteroatoms. The molecule has 3 aromatic carbocycles. The van der Waals surface area contributed by atoms with Crippen LogP contribution in [0.4, 0.5) is 16.2 Å². The smallest absolute Gasteiger partial charge is 0.298 e. The maximum Gasteiger partial charge on any atom is 0.298 e. The maximum absolute atomic E-state index is 13.1. The summed E-state index contributed by atoms with van der Waals surface area (Å²) < 4.78 is 11.7. The highest BCUT2D eigenvalue weighted by molar-refractivity contribution is 8.19. The zero-order valence-electron chi connectivity index (χ0n) is 25.0. The van der Waals surface area contributed by atoms with E-state index >= 15 is 0 Å². The molecule has 0 spiro atoms. The fourth-order valence-corrected chi connectivity index (χ4v) is 6.27. The summed E-state index contributed by atoms with van der Waals surface area (Å²) in [5, 5.41) is 10.5. The topological polar surface area (TPSA) is 105 Å². The van der Waals surface area contributed by atoms with Gasteiger partial charge in [0.15, 0.2) is 0 Å². The molecule has 1 saturated carbocycles. The van der Waals surface area contributed by atoms with Crippen LogP contribution in [-0.2, 0) is 4.79 Å². The van der Waals surface area contributed by atoms with Gasteiger partial charge in [0.2, 0.25) is 0 Å². The van der Waals surface area contributed by atoms with Gasteiger partial charge in [-0.05, 0) is 110 Å². The van der Waals surface area contributed by atoms with Gasteiger partial charge in [-0.15, -0.1) is 0 Å². The number of amides is 2. The van der Waals surface area contributed by atoms with Crippen molar-refractivity contribution >= 4 is 40.4 Å². The first-order valence-electron chi connectivity index (χ1n) is 15.4. The molecule has 0 aromatic heterocycles. The molecule has 0 N–H and O–H groups in total. The molecule has 0 bridgehead atoms. The number of benzene rings is 3. The van der Waals surface area contributed by atoms with E-state index in [9.17, 15) is 19.7 Å². The molecule has 234 valence electrons. The van der Waals surface area contributed by atoms with Crippen LogP contribution < -0.4 is 14.4 Å². The molecule has 2 saturated heterocycles. The summed E-state index contributed by atoms with van der Waals surface area (Å²) in [6, 6.07) is 19.9. The molecule has 0 atom stereocenters. The Kier molecular flexibility index (Phi) is 9.78. The molecular formula is C34H36N4O6S. The first-order chi connectivity index (χ1) is 21.9. The second kappa shape index (κ2) is 14.3. The van der Waals surface area contributed by atoms with Crippen molar-refractivity contribution in [3.05, 3.63) is 93.4 Å². The van der Waals surface area contributed by atoms with Gasteiger partial charge in [0.25, 0.3) is 16.8 Å². The van der Waals surface area contributed by atoms with Gasteiger partial charge < -0.3 is 19.3 Å². The van der Waals surface area contributed by atoms with E-state index < -0.39 is 4.92 Å².